The van der Waals surface area contributed by atoms with Gasteiger partial charge in [-0.1, -0.05) is 267 Å². The fourth-order valence-corrected chi connectivity index (χ4v) is 9.26. The maximum Gasteiger partial charge on any atom is 0.268 e. The number of aliphatic hydroxyl groups is 1. The zero-order valence-corrected chi connectivity index (χ0v) is 48.1. The molecule has 0 rings (SSSR count). The second-order valence-electron chi connectivity index (χ2n) is 21.3. The number of nitrogens with zero attached hydrogens (tertiary/aromatic N) is 1. The highest BCUT2D eigenvalue weighted by Crippen LogP contribution is 2.38. The third-order valence-electron chi connectivity index (χ3n) is 13.2. The van der Waals surface area contributed by atoms with Crippen molar-refractivity contribution in [2.45, 2.75) is 276 Å². The van der Waals surface area contributed by atoms with Gasteiger partial charge in [-0.2, -0.15) is 0 Å². The first-order chi connectivity index (χ1) is 34.5. The third-order valence-corrected chi connectivity index (χ3v) is 14.1. The van der Waals surface area contributed by atoms with Gasteiger partial charge < -0.3 is 28.8 Å². The topological polar surface area (TPSA) is 108 Å². The Morgan fingerprint density at radius 2 is 0.859 bits per heavy atom. The summed E-state index contributed by atoms with van der Waals surface area (Å²) >= 11 is 0. The molecule has 0 heterocycles. The lowest BCUT2D eigenvalue weighted by Gasteiger charge is -2.29. The van der Waals surface area contributed by atoms with Crippen molar-refractivity contribution in [2.75, 3.05) is 40.9 Å². The molecule has 2 N–H and O–H groups in total. The Labute approximate surface area is 440 Å². The molecular formula is C62H115N2O6P. The molecule has 0 aliphatic heterocycles. The van der Waals surface area contributed by atoms with Crippen molar-refractivity contribution in [3.8, 4) is 0 Å². The monoisotopic (exact) mass is 1010 g/mol. The van der Waals surface area contributed by atoms with E-state index >= 15 is 0 Å². The number of nitrogens with one attached hydrogen (secondary N) is 1. The van der Waals surface area contributed by atoms with Gasteiger partial charge in [0.25, 0.3) is 7.82 Å². The van der Waals surface area contributed by atoms with Crippen LogP contribution >= 0.6 is 7.82 Å². The van der Waals surface area contributed by atoms with Gasteiger partial charge >= 0.3 is 0 Å². The van der Waals surface area contributed by atoms with Crippen molar-refractivity contribution in [3.05, 3.63) is 72.9 Å². The largest absolute Gasteiger partial charge is 0.756 e. The molecular weight excluding hydrogens is 900 g/mol. The number of phosphoric acid groups is 1. The quantitative estimate of drug-likeness (QED) is 0.0272. The van der Waals surface area contributed by atoms with E-state index in [2.05, 4.69) is 79.9 Å². The van der Waals surface area contributed by atoms with Gasteiger partial charge in [0.2, 0.25) is 5.91 Å². The molecule has 0 spiro atoms. The highest BCUT2D eigenvalue weighted by atomic mass is 31.2. The molecule has 0 aromatic carbocycles. The van der Waals surface area contributed by atoms with Crippen LogP contribution in [0.1, 0.15) is 264 Å². The fraction of sp³-hybridized carbons (Fsp3) is 0.790. The third kappa shape index (κ3) is 55.5. The first-order valence-corrected chi connectivity index (χ1v) is 31.3. The number of unbranched alkanes of at least 4 members (excludes halogenated alkanes) is 31. The Morgan fingerprint density at radius 1 is 0.507 bits per heavy atom. The van der Waals surface area contributed by atoms with E-state index in [1.165, 1.54) is 173 Å². The molecule has 0 saturated carbocycles. The number of likely N-dealkylation sites (N-methyl/N-ethyl adjacent to an activating group) is 1. The second kappa shape index (κ2) is 52.8. The Balaban J connectivity index is 4.21. The van der Waals surface area contributed by atoms with Crippen LogP contribution in [0.2, 0.25) is 0 Å². The Morgan fingerprint density at radius 3 is 1.25 bits per heavy atom. The summed E-state index contributed by atoms with van der Waals surface area (Å²) in [5.41, 5.74) is 0. The molecule has 1 amide bonds. The number of carbonyl (C=O) groups is 1. The molecule has 414 valence electrons. The number of phosphoric ester groups is 1. The predicted octanol–water partition coefficient (Wildman–Crippen LogP) is 17.6. The average Bonchev–Trinajstić information content (AvgIpc) is 3.33. The van der Waals surface area contributed by atoms with E-state index < -0.39 is 20.0 Å². The predicted molar refractivity (Wildman–Crippen MR) is 307 cm³/mol. The van der Waals surface area contributed by atoms with Crippen LogP contribution in [0, 0.1) is 0 Å². The molecule has 71 heavy (non-hydrogen) atoms. The molecule has 0 aliphatic rings. The van der Waals surface area contributed by atoms with Crippen LogP contribution in [-0.4, -0.2) is 68.5 Å². The van der Waals surface area contributed by atoms with E-state index in [0.29, 0.717) is 17.4 Å². The number of rotatable bonds is 54. The molecule has 0 aliphatic carbocycles. The number of amides is 1. The second-order valence-corrected chi connectivity index (χ2v) is 22.7. The van der Waals surface area contributed by atoms with Crippen molar-refractivity contribution < 1.29 is 32.9 Å². The number of aliphatic hydroxyl groups excluding tert-OH is 1. The Hall–Kier alpha value is -2.06. The van der Waals surface area contributed by atoms with Crippen LogP contribution in [0.25, 0.3) is 0 Å². The zero-order valence-electron chi connectivity index (χ0n) is 47.2. The average molecular weight is 1020 g/mol. The lowest BCUT2D eigenvalue weighted by Crippen LogP contribution is -2.45. The van der Waals surface area contributed by atoms with E-state index in [1.807, 2.05) is 27.2 Å². The number of hydrogen-bond acceptors (Lipinski definition) is 6. The minimum Gasteiger partial charge on any atom is -0.756 e. The van der Waals surface area contributed by atoms with Gasteiger partial charge in [0.15, 0.2) is 0 Å². The van der Waals surface area contributed by atoms with E-state index in [4.69, 9.17) is 9.05 Å². The lowest BCUT2D eigenvalue weighted by atomic mass is 10.0. The summed E-state index contributed by atoms with van der Waals surface area (Å²) in [6, 6.07) is -0.893. The van der Waals surface area contributed by atoms with E-state index in [0.717, 1.165) is 70.6 Å². The molecule has 0 saturated heterocycles. The molecule has 0 aromatic heterocycles. The van der Waals surface area contributed by atoms with Gasteiger partial charge in [0.05, 0.1) is 39.9 Å². The highest BCUT2D eigenvalue weighted by Gasteiger charge is 2.23. The smallest absolute Gasteiger partial charge is 0.268 e. The fourth-order valence-electron chi connectivity index (χ4n) is 8.53. The normalized spacial score (nSPS) is 14.4. The van der Waals surface area contributed by atoms with Crippen molar-refractivity contribution in [1.82, 2.24) is 5.32 Å². The van der Waals surface area contributed by atoms with Gasteiger partial charge in [-0.3, -0.25) is 9.36 Å². The summed E-state index contributed by atoms with van der Waals surface area (Å²) in [5, 5.41) is 13.9. The van der Waals surface area contributed by atoms with Crippen molar-refractivity contribution >= 4 is 13.7 Å². The number of carbonyl (C=O) groups excluding carboxylic acids is 1. The molecule has 0 aromatic rings. The van der Waals surface area contributed by atoms with Crippen LogP contribution in [0.5, 0.6) is 0 Å². The first kappa shape index (κ1) is 68.9. The van der Waals surface area contributed by atoms with E-state index in [1.54, 1.807) is 6.08 Å². The van der Waals surface area contributed by atoms with Crippen molar-refractivity contribution in [3.63, 3.8) is 0 Å². The van der Waals surface area contributed by atoms with E-state index in [9.17, 15) is 19.4 Å². The minimum atomic E-state index is -4.60. The first-order valence-electron chi connectivity index (χ1n) is 29.8. The van der Waals surface area contributed by atoms with Crippen molar-refractivity contribution in [1.29, 1.82) is 0 Å². The molecule has 3 atom stereocenters. The molecule has 0 fully saturated rings. The maximum absolute atomic E-state index is 13.0. The van der Waals surface area contributed by atoms with Crippen LogP contribution in [-0.2, 0) is 18.4 Å². The summed E-state index contributed by atoms with van der Waals surface area (Å²) in [7, 11) is 1.26. The van der Waals surface area contributed by atoms with E-state index in [-0.39, 0.29) is 19.1 Å². The molecule has 3 unspecified atom stereocenters. The molecule has 8 nitrogen and oxygen atoms in total. The minimum absolute atomic E-state index is 0.00375. The summed E-state index contributed by atoms with van der Waals surface area (Å²) < 4.78 is 23.4. The highest BCUT2D eigenvalue weighted by molar-refractivity contribution is 7.45. The molecule has 0 bridgehead atoms. The zero-order chi connectivity index (χ0) is 52.0. The van der Waals surface area contributed by atoms with Crippen LogP contribution < -0.4 is 10.2 Å². The van der Waals surface area contributed by atoms with Crippen LogP contribution in [0.4, 0.5) is 0 Å². The number of quaternary nitrogens is 1. The Kier molecular flexibility index (Phi) is 51.3. The maximum atomic E-state index is 13.0. The van der Waals surface area contributed by atoms with Gasteiger partial charge in [-0.25, -0.2) is 0 Å². The summed E-state index contributed by atoms with van der Waals surface area (Å²) in [6.45, 7) is 4.56. The number of allylic oxidation sites excluding steroid dienone is 11. The lowest BCUT2D eigenvalue weighted by molar-refractivity contribution is -0.870. The Bertz CT molecular complexity index is 1380. The van der Waals surface area contributed by atoms with Crippen LogP contribution in [0.15, 0.2) is 72.9 Å². The van der Waals surface area contributed by atoms with Gasteiger partial charge in [-0.15, -0.1) is 0 Å². The summed E-state index contributed by atoms with van der Waals surface area (Å²) in [4.78, 5) is 25.5. The van der Waals surface area contributed by atoms with Gasteiger partial charge in [0.1, 0.15) is 13.2 Å². The SMILES string of the molecule is CC/C=C\C/C=C\C/C=C\C/C=C\C/C=C\CCCCCCCCCCCCCC(=O)NC(COP(=O)([O-])OCC[N+](C)(C)C)C(O)/C=C/CCCCCCCCCCCCCCCCCCCCCC. The summed E-state index contributed by atoms with van der Waals surface area (Å²) in [5.74, 6) is -0.201. The molecule has 0 radical (unpaired) electrons. The van der Waals surface area contributed by atoms with Gasteiger partial charge in [-0.05, 0) is 64.2 Å². The van der Waals surface area contributed by atoms with Gasteiger partial charge in [0, 0.05) is 6.42 Å². The van der Waals surface area contributed by atoms with Crippen molar-refractivity contribution in [2.24, 2.45) is 0 Å². The number of hydrogen-bond donors (Lipinski definition) is 2. The van der Waals surface area contributed by atoms with Crippen LogP contribution in [0.3, 0.4) is 0 Å². The summed E-state index contributed by atoms with van der Waals surface area (Å²) in [6.07, 6.45) is 72.6. The molecule has 9 heteroatoms. The standard InChI is InChI=1S/C62H115N2O6P/c1-6-8-10-12-14-16-18-20-22-24-26-28-30-31-32-33-34-36-38-40-42-44-46-48-50-52-54-56-62(66)63-60(59-70-71(67,68)69-58-57-64(3,4)5)61(65)55-53-51-49-47-45-43-41-39-37-35-29-27-25-23-21-19-17-15-13-11-9-7-2/h8,10,14,16,20,22,26,28,31-32,53,55,60-61,65H,6-7,9,11-13,15,17-19,21,23-25,27,29-30,33-52,54,56-59H2,1-5H3,(H-,63,66,67,68)/b10-8-,16-14-,22-20-,28-26-,32-31-,55-53+.